The molecule has 0 saturated carbocycles. The van der Waals surface area contributed by atoms with Crippen molar-refractivity contribution in [2.45, 2.75) is 5.41 Å². The molecule has 39 heavy (non-hydrogen) atoms. The number of rotatable bonds is 3. The highest BCUT2D eigenvalue weighted by Gasteiger charge is 2.46. The van der Waals surface area contributed by atoms with E-state index < -0.39 is 5.41 Å². The maximum Gasteiger partial charge on any atom is 0.0972 e. The maximum atomic E-state index is 5.15. The molecule has 0 atom stereocenters. The van der Waals surface area contributed by atoms with Crippen LogP contribution >= 0.6 is 0 Å². The van der Waals surface area contributed by atoms with Crippen LogP contribution in [0.5, 0.6) is 0 Å². The Balaban J connectivity index is 1.43. The summed E-state index contributed by atoms with van der Waals surface area (Å²) in [5, 5.41) is 2.17. The van der Waals surface area contributed by atoms with Crippen LogP contribution in [-0.4, -0.2) is 19.9 Å². The van der Waals surface area contributed by atoms with E-state index >= 15 is 0 Å². The first-order valence-electron chi connectivity index (χ1n) is 13.0. The molecule has 4 aromatic heterocycles. The number of hydrogen-bond acceptors (Lipinski definition) is 4. The molecule has 0 bridgehead atoms. The quantitative estimate of drug-likeness (QED) is 0.235. The molecule has 0 N–H and O–H groups in total. The predicted octanol–water partition coefficient (Wildman–Crippen LogP) is 7.60. The van der Waals surface area contributed by atoms with Crippen LogP contribution in [0.1, 0.15) is 22.3 Å². The van der Waals surface area contributed by atoms with Crippen molar-refractivity contribution in [1.82, 2.24) is 19.9 Å². The van der Waals surface area contributed by atoms with E-state index in [9.17, 15) is 0 Å². The zero-order chi connectivity index (χ0) is 25.8. The standard InChI is InChI=1S/C35H22N4/c1-2-10-30-28(9-1)29-15-13-25(32-16-14-24-12-11-23-6-3-19-38-33(23)34(24)39-32)20-31(29)35(30,26-7-4-17-36-21-26)27-8-5-18-37-22-27/h1-22H. The number of benzene rings is 3. The zero-order valence-corrected chi connectivity index (χ0v) is 21.0. The Labute approximate surface area is 225 Å². The Hall–Kier alpha value is -5.22. The lowest BCUT2D eigenvalue weighted by molar-refractivity contribution is 0.757. The molecule has 0 fully saturated rings. The second-order valence-electron chi connectivity index (χ2n) is 9.95. The van der Waals surface area contributed by atoms with E-state index in [-0.39, 0.29) is 0 Å². The van der Waals surface area contributed by atoms with Gasteiger partial charge in [0.15, 0.2) is 0 Å². The Kier molecular flexibility index (Phi) is 4.70. The smallest absolute Gasteiger partial charge is 0.0972 e. The first kappa shape index (κ1) is 21.8. The second-order valence-corrected chi connectivity index (χ2v) is 9.95. The summed E-state index contributed by atoms with van der Waals surface area (Å²) in [6.45, 7) is 0. The first-order valence-corrected chi connectivity index (χ1v) is 13.0. The van der Waals surface area contributed by atoms with Crippen LogP contribution < -0.4 is 0 Å². The molecule has 4 heterocycles. The van der Waals surface area contributed by atoms with Crippen LogP contribution in [0, 0.1) is 0 Å². The molecule has 182 valence electrons. The van der Waals surface area contributed by atoms with Crippen LogP contribution in [0.2, 0.25) is 0 Å². The molecule has 0 saturated heterocycles. The second kappa shape index (κ2) is 8.40. The van der Waals surface area contributed by atoms with Gasteiger partial charge >= 0.3 is 0 Å². The molecule has 1 aliphatic carbocycles. The minimum Gasteiger partial charge on any atom is -0.264 e. The average Bonchev–Trinajstić information content (AvgIpc) is 3.32. The van der Waals surface area contributed by atoms with E-state index in [1.165, 1.54) is 22.3 Å². The number of nitrogens with zero attached hydrogens (tertiary/aromatic N) is 4. The minimum absolute atomic E-state index is 0.546. The van der Waals surface area contributed by atoms with Crippen molar-refractivity contribution in [3.05, 3.63) is 156 Å². The monoisotopic (exact) mass is 498 g/mol. The van der Waals surface area contributed by atoms with Crippen molar-refractivity contribution in [3.63, 3.8) is 0 Å². The van der Waals surface area contributed by atoms with E-state index in [1.807, 2.05) is 49.2 Å². The summed E-state index contributed by atoms with van der Waals surface area (Å²) >= 11 is 0. The molecule has 1 aliphatic rings. The third-order valence-corrected chi connectivity index (χ3v) is 7.96. The highest BCUT2D eigenvalue weighted by Crippen LogP contribution is 2.56. The largest absolute Gasteiger partial charge is 0.264 e. The highest BCUT2D eigenvalue weighted by atomic mass is 14.8. The normalized spacial score (nSPS) is 13.3. The lowest BCUT2D eigenvalue weighted by Crippen LogP contribution is -2.29. The minimum atomic E-state index is -0.546. The van der Waals surface area contributed by atoms with Crippen LogP contribution in [0.3, 0.4) is 0 Å². The van der Waals surface area contributed by atoms with Gasteiger partial charge in [0.1, 0.15) is 0 Å². The van der Waals surface area contributed by atoms with Gasteiger partial charge in [-0.05, 0) is 63.7 Å². The average molecular weight is 499 g/mol. The molecule has 0 aliphatic heterocycles. The van der Waals surface area contributed by atoms with Crippen LogP contribution in [-0.2, 0) is 5.41 Å². The van der Waals surface area contributed by atoms with Crippen molar-refractivity contribution < 1.29 is 0 Å². The third kappa shape index (κ3) is 3.12. The van der Waals surface area contributed by atoms with Crippen molar-refractivity contribution in [3.8, 4) is 22.4 Å². The lowest BCUT2D eigenvalue weighted by Gasteiger charge is -2.33. The van der Waals surface area contributed by atoms with Crippen molar-refractivity contribution >= 4 is 21.8 Å². The number of hydrogen-bond donors (Lipinski definition) is 0. The van der Waals surface area contributed by atoms with E-state index in [1.54, 1.807) is 0 Å². The van der Waals surface area contributed by atoms with E-state index in [4.69, 9.17) is 4.98 Å². The van der Waals surface area contributed by atoms with Gasteiger partial charge in [0.25, 0.3) is 0 Å². The molecule has 8 rings (SSSR count). The van der Waals surface area contributed by atoms with Gasteiger partial charge in [-0.25, -0.2) is 4.98 Å². The number of fused-ring (bicyclic) bond motifs is 6. The molecule has 0 radical (unpaired) electrons. The Morgan fingerprint density at radius 3 is 1.97 bits per heavy atom. The van der Waals surface area contributed by atoms with Crippen molar-refractivity contribution in [1.29, 1.82) is 0 Å². The van der Waals surface area contributed by atoms with Gasteiger partial charge in [0, 0.05) is 47.3 Å². The van der Waals surface area contributed by atoms with E-state index in [2.05, 4.69) is 99.9 Å². The highest BCUT2D eigenvalue weighted by molar-refractivity contribution is 6.03. The molecule has 4 nitrogen and oxygen atoms in total. The summed E-state index contributed by atoms with van der Waals surface area (Å²) in [6.07, 6.45) is 9.46. The molecule has 0 amide bonds. The topological polar surface area (TPSA) is 51.6 Å². The van der Waals surface area contributed by atoms with Gasteiger partial charge in [-0.1, -0.05) is 72.8 Å². The maximum absolute atomic E-state index is 5.15. The number of aromatic nitrogens is 4. The number of pyridine rings is 4. The van der Waals surface area contributed by atoms with Gasteiger partial charge in [0.2, 0.25) is 0 Å². The van der Waals surface area contributed by atoms with Gasteiger partial charge < -0.3 is 0 Å². The zero-order valence-electron chi connectivity index (χ0n) is 21.0. The van der Waals surface area contributed by atoms with Gasteiger partial charge in [-0.15, -0.1) is 0 Å². The van der Waals surface area contributed by atoms with Crippen molar-refractivity contribution in [2.24, 2.45) is 0 Å². The molecule has 0 unspecified atom stereocenters. The Bertz CT molecular complexity index is 1980. The van der Waals surface area contributed by atoms with E-state index in [0.29, 0.717) is 0 Å². The van der Waals surface area contributed by atoms with Gasteiger partial charge in [-0.3, -0.25) is 15.0 Å². The summed E-state index contributed by atoms with van der Waals surface area (Å²) in [4.78, 5) is 18.9. The molecular weight excluding hydrogens is 476 g/mol. The first-order chi connectivity index (χ1) is 19.3. The Morgan fingerprint density at radius 2 is 1.21 bits per heavy atom. The molecule has 7 aromatic rings. The molecule has 4 heteroatoms. The summed E-state index contributed by atoms with van der Waals surface area (Å²) in [7, 11) is 0. The molecule has 0 spiro atoms. The summed E-state index contributed by atoms with van der Waals surface area (Å²) in [5.41, 5.74) is 10.4. The fourth-order valence-electron chi connectivity index (χ4n) is 6.28. The van der Waals surface area contributed by atoms with E-state index in [0.717, 1.165) is 44.2 Å². The fraction of sp³-hybridized carbons (Fsp3) is 0.0286. The molecular formula is C35H22N4. The lowest BCUT2D eigenvalue weighted by atomic mass is 9.68. The van der Waals surface area contributed by atoms with Crippen LogP contribution in [0.25, 0.3) is 44.2 Å². The fourth-order valence-corrected chi connectivity index (χ4v) is 6.28. The van der Waals surface area contributed by atoms with Gasteiger partial charge in [-0.2, -0.15) is 0 Å². The van der Waals surface area contributed by atoms with Crippen molar-refractivity contribution in [2.75, 3.05) is 0 Å². The third-order valence-electron chi connectivity index (χ3n) is 7.96. The predicted molar refractivity (Wildman–Crippen MR) is 155 cm³/mol. The summed E-state index contributed by atoms with van der Waals surface area (Å²) < 4.78 is 0. The summed E-state index contributed by atoms with van der Waals surface area (Å²) in [5.74, 6) is 0. The SMILES string of the molecule is c1cncc(C2(c3cccnc3)c3ccccc3-c3ccc(-c4ccc5ccc6cccnc6c5n4)cc32)c1. The molecule has 3 aromatic carbocycles. The summed E-state index contributed by atoms with van der Waals surface area (Å²) in [6, 6.07) is 36.3. The Morgan fingerprint density at radius 1 is 0.513 bits per heavy atom. The van der Waals surface area contributed by atoms with Crippen LogP contribution in [0.15, 0.2) is 134 Å². The van der Waals surface area contributed by atoms with Gasteiger partial charge in [0.05, 0.1) is 22.1 Å². The van der Waals surface area contributed by atoms with Crippen LogP contribution in [0.4, 0.5) is 0 Å².